The molecule has 8 heteroatoms. The van der Waals surface area contributed by atoms with Crippen molar-refractivity contribution in [3.8, 4) is 11.8 Å². The van der Waals surface area contributed by atoms with Gasteiger partial charge >= 0.3 is 12.3 Å². The molecular weight excluding hydrogens is 325 g/mol. The van der Waals surface area contributed by atoms with Crippen LogP contribution in [0.1, 0.15) is 36.8 Å². The third-order valence-electron chi connectivity index (χ3n) is 4.62. The minimum absolute atomic E-state index is 0.0876. The molecular formula is C16H15F3N2O3. The highest BCUT2D eigenvalue weighted by Crippen LogP contribution is 2.41. The topological polar surface area (TPSA) is 73.6 Å². The van der Waals surface area contributed by atoms with E-state index in [1.807, 2.05) is 0 Å². The largest absolute Gasteiger partial charge is 0.490 e. The van der Waals surface area contributed by atoms with Crippen molar-refractivity contribution < 1.29 is 27.8 Å². The first-order chi connectivity index (χ1) is 11.3. The van der Waals surface area contributed by atoms with Gasteiger partial charge in [0.15, 0.2) is 0 Å². The Bertz CT molecular complexity index is 685. The van der Waals surface area contributed by atoms with Gasteiger partial charge in [-0.3, -0.25) is 0 Å². The second-order valence-corrected chi connectivity index (χ2v) is 6.11. The summed E-state index contributed by atoms with van der Waals surface area (Å²) >= 11 is 0. The van der Waals surface area contributed by atoms with Gasteiger partial charge in [-0.25, -0.2) is 4.79 Å². The van der Waals surface area contributed by atoms with Crippen molar-refractivity contribution in [3.05, 3.63) is 29.3 Å². The molecule has 24 heavy (non-hydrogen) atoms. The maximum absolute atomic E-state index is 13.2. The fourth-order valence-corrected chi connectivity index (χ4v) is 3.64. The van der Waals surface area contributed by atoms with Crippen LogP contribution in [-0.2, 0) is 6.18 Å². The van der Waals surface area contributed by atoms with E-state index in [-0.39, 0.29) is 23.4 Å². The van der Waals surface area contributed by atoms with E-state index in [1.54, 1.807) is 6.07 Å². The van der Waals surface area contributed by atoms with Crippen molar-refractivity contribution in [1.82, 2.24) is 4.90 Å². The summed E-state index contributed by atoms with van der Waals surface area (Å²) in [6.45, 7) is 0. The molecule has 2 fully saturated rings. The Morgan fingerprint density at radius 3 is 2.42 bits per heavy atom. The highest BCUT2D eigenvalue weighted by atomic mass is 19.4. The lowest BCUT2D eigenvalue weighted by Gasteiger charge is -2.37. The normalized spacial score (nSPS) is 26.1. The Balaban J connectivity index is 1.81. The number of fused-ring (bicyclic) bond motifs is 2. The Morgan fingerprint density at radius 1 is 1.29 bits per heavy atom. The number of alkyl halides is 3. The smallest absolute Gasteiger partial charge is 0.420 e. The lowest BCUT2D eigenvalue weighted by molar-refractivity contribution is -0.139. The standard InChI is InChI=1S/C16H15F3N2O3/c17-16(18,19)13-5-9(8-20)1-4-14(13)24-12-6-10-2-3-11(7-12)21(10)15(22)23/h1,4-5,10-12H,2-3,6-7H2,(H,22,23)/t10-,11+,12+. The van der Waals surface area contributed by atoms with Crippen molar-refractivity contribution in [3.63, 3.8) is 0 Å². The molecule has 1 amide bonds. The second kappa shape index (κ2) is 5.89. The van der Waals surface area contributed by atoms with E-state index in [0.29, 0.717) is 25.7 Å². The average molecular weight is 340 g/mol. The first-order valence-electron chi connectivity index (χ1n) is 7.59. The maximum Gasteiger partial charge on any atom is 0.420 e. The Labute approximate surface area is 136 Å². The molecule has 0 spiro atoms. The van der Waals surface area contributed by atoms with Crippen molar-refractivity contribution in [1.29, 1.82) is 5.26 Å². The van der Waals surface area contributed by atoms with Gasteiger partial charge in [0.05, 0.1) is 17.2 Å². The molecule has 1 N–H and O–H groups in total. The van der Waals surface area contributed by atoms with Crippen LogP contribution in [0.4, 0.5) is 18.0 Å². The van der Waals surface area contributed by atoms with E-state index in [2.05, 4.69) is 0 Å². The van der Waals surface area contributed by atoms with Crippen molar-refractivity contribution in [2.45, 2.75) is 50.0 Å². The molecule has 5 nitrogen and oxygen atoms in total. The summed E-state index contributed by atoms with van der Waals surface area (Å²) in [5.74, 6) is -0.310. The molecule has 0 unspecified atom stereocenters. The van der Waals surface area contributed by atoms with Crippen LogP contribution in [0.5, 0.6) is 5.75 Å². The molecule has 1 aromatic carbocycles. The number of nitrogens with zero attached hydrogens (tertiary/aromatic N) is 2. The van der Waals surface area contributed by atoms with Gasteiger partial charge in [-0.15, -0.1) is 0 Å². The molecule has 2 saturated heterocycles. The van der Waals surface area contributed by atoms with Gasteiger partial charge in [0.1, 0.15) is 11.9 Å². The summed E-state index contributed by atoms with van der Waals surface area (Å²) in [7, 11) is 0. The van der Waals surface area contributed by atoms with Gasteiger partial charge in [-0.1, -0.05) is 0 Å². The number of hydrogen-bond donors (Lipinski definition) is 1. The molecule has 0 saturated carbocycles. The van der Waals surface area contributed by atoms with Gasteiger partial charge in [-0.2, -0.15) is 18.4 Å². The minimum atomic E-state index is -4.62. The second-order valence-electron chi connectivity index (χ2n) is 6.11. The molecule has 2 aliphatic rings. The van der Waals surface area contributed by atoms with E-state index in [1.165, 1.54) is 11.0 Å². The number of piperidine rings is 1. The SMILES string of the molecule is N#Cc1ccc(O[C@H]2C[C@H]3CC[C@@H](C2)N3C(=O)O)c(C(F)(F)F)c1. The maximum atomic E-state index is 13.2. The molecule has 3 atom stereocenters. The third-order valence-corrected chi connectivity index (χ3v) is 4.62. The minimum Gasteiger partial charge on any atom is -0.490 e. The van der Waals surface area contributed by atoms with E-state index in [4.69, 9.17) is 10.00 Å². The van der Waals surface area contributed by atoms with Crippen molar-refractivity contribution in [2.75, 3.05) is 0 Å². The molecule has 0 radical (unpaired) electrons. The lowest BCUT2D eigenvalue weighted by Crippen LogP contribution is -2.48. The molecule has 0 aliphatic carbocycles. The Kier molecular flexibility index (Phi) is 4.03. The fourth-order valence-electron chi connectivity index (χ4n) is 3.64. The molecule has 2 aliphatic heterocycles. The van der Waals surface area contributed by atoms with Crippen LogP contribution in [0.3, 0.4) is 0 Å². The summed E-state index contributed by atoms with van der Waals surface area (Å²) in [5, 5.41) is 18.0. The molecule has 128 valence electrons. The molecule has 1 aromatic rings. The molecule has 2 bridgehead atoms. The summed E-state index contributed by atoms with van der Waals surface area (Å²) in [6.07, 6.45) is -3.92. The van der Waals surface area contributed by atoms with Crippen LogP contribution in [0, 0.1) is 11.3 Å². The van der Waals surface area contributed by atoms with E-state index >= 15 is 0 Å². The van der Waals surface area contributed by atoms with Crippen LogP contribution in [-0.4, -0.2) is 34.3 Å². The van der Waals surface area contributed by atoms with E-state index < -0.39 is 23.9 Å². The summed E-state index contributed by atoms with van der Waals surface area (Å²) in [4.78, 5) is 12.6. The van der Waals surface area contributed by atoms with Gasteiger partial charge in [0.2, 0.25) is 0 Å². The molecule has 3 rings (SSSR count). The van der Waals surface area contributed by atoms with E-state index in [0.717, 1.165) is 12.1 Å². The van der Waals surface area contributed by atoms with Gasteiger partial charge in [-0.05, 0) is 31.0 Å². The predicted molar refractivity (Wildman–Crippen MR) is 76.5 cm³/mol. The zero-order chi connectivity index (χ0) is 17.5. The number of carboxylic acid groups (broad SMARTS) is 1. The average Bonchev–Trinajstić information content (AvgIpc) is 2.78. The number of benzene rings is 1. The third kappa shape index (κ3) is 2.98. The van der Waals surface area contributed by atoms with Crippen LogP contribution in [0.25, 0.3) is 0 Å². The number of halogens is 3. The summed E-state index contributed by atoms with van der Waals surface area (Å²) in [5.41, 5.74) is -1.06. The summed E-state index contributed by atoms with van der Waals surface area (Å²) in [6, 6.07) is 4.48. The number of rotatable bonds is 2. The molecule has 2 heterocycles. The highest BCUT2D eigenvalue weighted by molar-refractivity contribution is 5.66. The lowest BCUT2D eigenvalue weighted by atomic mass is 10.00. The number of ether oxygens (including phenoxy) is 1. The quantitative estimate of drug-likeness (QED) is 0.892. The molecule has 0 aromatic heterocycles. The predicted octanol–water partition coefficient (Wildman–Crippen LogP) is 3.63. The zero-order valence-corrected chi connectivity index (χ0v) is 12.6. The van der Waals surface area contributed by atoms with Crippen molar-refractivity contribution in [2.24, 2.45) is 0 Å². The van der Waals surface area contributed by atoms with Crippen LogP contribution < -0.4 is 4.74 Å². The van der Waals surface area contributed by atoms with Crippen LogP contribution in [0.2, 0.25) is 0 Å². The van der Waals surface area contributed by atoms with E-state index in [9.17, 15) is 23.1 Å². The first kappa shape index (κ1) is 16.4. The first-order valence-corrected chi connectivity index (χ1v) is 7.59. The van der Waals surface area contributed by atoms with Gasteiger partial charge in [0.25, 0.3) is 0 Å². The Morgan fingerprint density at radius 2 is 1.92 bits per heavy atom. The van der Waals surface area contributed by atoms with Crippen LogP contribution >= 0.6 is 0 Å². The number of nitriles is 1. The number of carbonyl (C=O) groups is 1. The van der Waals surface area contributed by atoms with Gasteiger partial charge in [0, 0.05) is 24.9 Å². The van der Waals surface area contributed by atoms with Gasteiger partial charge < -0.3 is 14.7 Å². The number of hydrogen-bond acceptors (Lipinski definition) is 3. The summed E-state index contributed by atoms with van der Waals surface area (Å²) < 4.78 is 45.1. The number of amides is 1. The zero-order valence-electron chi connectivity index (χ0n) is 12.6. The van der Waals surface area contributed by atoms with Crippen LogP contribution in [0.15, 0.2) is 18.2 Å². The monoisotopic (exact) mass is 340 g/mol. The van der Waals surface area contributed by atoms with Crippen molar-refractivity contribution >= 4 is 6.09 Å². The fraction of sp³-hybridized carbons (Fsp3) is 0.500. The highest BCUT2D eigenvalue weighted by Gasteiger charge is 2.45. The Hall–Kier alpha value is -2.43.